The second kappa shape index (κ2) is 6.01. The molecule has 1 aromatic rings. The second-order valence-electron chi connectivity index (χ2n) is 5.62. The normalized spacial score (nSPS) is 21.7. The van der Waals surface area contributed by atoms with E-state index >= 15 is 0 Å². The van der Waals surface area contributed by atoms with Gasteiger partial charge >= 0.3 is 0 Å². The Morgan fingerprint density at radius 1 is 1.43 bits per heavy atom. The molecular formula is C14H17Cl2NO4. The third kappa shape index (κ3) is 3.43. The lowest BCUT2D eigenvalue weighted by Gasteiger charge is -2.27. The molecule has 0 aromatic heterocycles. The van der Waals surface area contributed by atoms with Crippen molar-refractivity contribution < 1.29 is 20.1 Å². The number of phenols is 1. The Balaban J connectivity index is 2.22. The maximum Gasteiger partial charge on any atom is 0.223 e. The summed E-state index contributed by atoms with van der Waals surface area (Å²) < 4.78 is 0. The van der Waals surface area contributed by atoms with Crippen LogP contribution >= 0.6 is 23.2 Å². The summed E-state index contributed by atoms with van der Waals surface area (Å²) in [5.74, 6) is -0.458. The monoisotopic (exact) mass is 333 g/mol. The fourth-order valence-electron chi connectivity index (χ4n) is 2.52. The molecule has 116 valence electrons. The summed E-state index contributed by atoms with van der Waals surface area (Å²) in [6.07, 6.45) is 0.176. The van der Waals surface area contributed by atoms with Gasteiger partial charge in [-0.15, -0.1) is 0 Å². The van der Waals surface area contributed by atoms with E-state index in [-0.39, 0.29) is 35.6 Å². The van der Waals surface area contributed by atoms with E-state index in [2.05, 4.69) is 0 Å². The molecule has 0 saturated carbocycles. The number of hydrogen-bond donors (Lipinski definition) is 3. The zero-order valence-electron chi connectivity index (χ0n) is 11.5. The van der Waals surface area contributed by atoms with Gasteiger partial charge in [-0.2, -0.15) is 0 Å². The van der Waals surface area contributed by atoms with Crippen LogP contribution in [0.5, 0.6) is 5.75 Å². The van der Waals surface area contributed by atoms with E-state index in [1.165, 1.54) is 24.0 Å². The molecule has 0 bridgehead atoms. The van der Waals surface area contributed by atoms with Crippen LogP contribution in [0, 0.1) is 0 Å². The molecule has 7 heteroatoms. The van der Waals surface area contributed by atoms with Crippen molar-refractivity contribution in [1.29, 1.82) is 0 Å². The van der Waals surface area contributed by atoms with Crippen LogP contribution in [0.2, 0.25) is 10.0 Å². The standard InChI is InChI=1S/C14H17Cl2NO4/c1-14(21,7-18)6-17-5-8(4-11(17)20)12-10(19)3-2-9(15)13(12)16/h2-3,8,18-19,21H,4-7H2,1H3/t8-,14?/m1/s1. The van der Waals surface area contributed by atoms with E-state index in [1.54, 1.807) is 0 Å². The fourth-order valence-corrected chi connectivity index (χ4v) is 3.00. The number of likely N-dealkylation sites (tertiary alicyclic amines) is 1. The maximum absolute atomic E-state index is 12.0. The minimum absolute atomic E-state index is 0.00188. The number of β-amino-alcohol motifs (C(OH)–C–C–N with tert-alkyl or cyclic N) is 1. The van der Waals surface area contributed by atoms with Crippen molar-refractivity contribution in [2.75, 3.05) is 19.7 Å². The number of rotatable bonds is 4. The van der Waals surface area contributed by atoms with Gasteiger partial charge in [-0.05, 0) is 19.1 Å². The average molecular weight is 334 g/mol. The molecule has 21 heavy (non-hydrogen) atoms. The largest absolute Gasteiger partial charge is 0.508 e. The van der Waals surface area contributed by atoms with Gasteiger partial charge in [0.1, 0.15) is 11.4 Å². The maximum atomic E-state index is 12.0. The smallest absolute Gasteiger partial charge is 0.223 e. The van der Waals surface area contributed by atoms with Crippen LogP contribution in [0.4, 0.5) is 0 Å². The van der Waals surface area contributed by atoms with E-state index in [4.69, 9.17) is 28.3 Å². The number of aromatic hydroxyl groups is 1. The van der Waals surface area contributed by atoms with Gasteiger partial charge in [0.25, 0.3) is 0 Å². The van der Waals surface area contributed by atoms with Crippen molar-refractivity contribution in [2.24, 2.45) is 0 Å². The van der Waals surface area contributed by atoms with E-state index in [0.29, 0.717) is 17.1 Å². The van der Waals surface area contributed by atoms with Crippen molar-refractivity contribution >= 4 is 29.1 Å². The van der Waals surface area contributed by atoms with Crippen LogP contribution in [0.15, 0.2) is 12.1 Å². The Bertz CT molecular complexity index is 562. The molecule has 2 atom stereocenters. The van der Waals surface area contributed by atoms with Crippen molar-refractivity contribution in [2.45, 2.75) is 24.9 Å². The topological polar surface area (TPSA) is 81.0 Å². The molecule has 0 spiro atoms. The summed E-state index contributed by atoms with van der Waals surface area (Å²) in [5, 5.41) is 29.5. The number of benzene rings is 1. The highest BCUT2D eigenvalue weighted by Crippen LogP contribution is 2.41. The molecule has 1 aromatic carbocycles. The fraction of sp³-hybridized carbons (Fsp3) is 0.500. The van der Waals surface area contributed by atoms with Gasteiger partial charge in [0, 0.05) is 24.4 Å². The molecule has 1 unspecified atom stereocenters. The predicted molar refractivity (Wildman–Crippen MR) is 79.8 cm³/mol. The van der Waals surface area contributed by atoms with E-state index < -0.39 is 12.2 Å². The molecule has 5 nitrogen and oxygen atoms in total. The highest BCUT2D eigenvalue weighted by molar-refractivity contribution is 6.42. The molecule has 3 N–H and O–H groups in total. The van der Waals surface area contributed by atoms with E-state index in [9.17, 15) is 15.0 Å². The van der Waals surface area contributed by atoms with Crippen LogP contribution < -0.4 is 0 Å². The third-order valence-corrected chi connectivity index (χ3v) is 4.42. The number of aliphatic hydroxyl groups is 2. The zero-order chi connectivity index (χ0) is 15.8. The van der Waals surface area contributed by atoms with E-state index in [1.807, 2.05) is 0 Å². The van der Waals surface area contributed by atoms with Crippen molar-refractivity contribution in [3.05, 3.63) is 27.7 Å². The van der Waals surface area contributed by atoms with Crippen LogP contribution in [0.25, 0.3) is 0 Å². The van der Waals surface area contributed by atoms with Crippen LogP contribution in [0.1, 0.15) is 24.8 Å². The van der Waals surface area contributed by atoms with Crippen LogP contribution in [-0.4, -0.2) is 51.4 Å². The first-order valence-corrected chi connectivity index (χ1v) is 7.28. The number of phenolic OH excluding ortho intramolecular Hbond substituents is 1. The second-order valence-corrected chi connectivity index (χ2v) is 6.41. The zero-order valence-corrected chi connectivity index (χ0v) is 13.0. The van der Waals surface area contributed by atoms with Crippen LogP contribution in [0.3, 0.4) is 0 Å². The summed E-state index contributed by atoms with van der Waals surface area (Å²) in [6, 6.07) is 2.94. The van der Waals surface area contributed by atoms with Crippen molar-refractivity contribution in [1.82, 2.24) is 4.90 Å². The lowest BCUT2D eigenvalue weighted by Crippen LogP contribution is -2.44. The molecular weight excluding hydrogens is 317 g/mol. The number of aliphatic hydroxyl groups excluding tert-OH is 1. The summed E-state index contributed by atoms with van der Waals surface area (Å²) in [6.45, 7) is 1.35. The highest BCUT2D eigenvalue weighted by atomic mass is 35.5. The average Bonchev–Trinajstić information content (AvgIpc) is 2.75. The Hall–Kier alpha value is -1.01. The first kappa shape index (κ1) is 16.4. The Labute approximate surface area is 132 Å². The van der Waals surface area contributed by atoms with Gasteiger partial charge in [0.2, 0.25) is 5.91 Å². The van der Waals surface area contributed by atoms with Crippen molar-refractivity contribution in [3.8, 4) is 5.75 Å². The Kier molecular flexibility index (Phi) is 4.68. The first-order chi connectivity index (χ1) is 9.75. The number of hydrogen-bond acceptors (Lipinski definition) is 4. The summed E-state index contributed by atoms with van der Waals surface area (Å²) >= 11 is 12.1. The van der Waals surface area contributed by atoms with Crippen LogP contribution in [-0.2, 0) is 4.79 Å². The SMILES string of the molecule is CC(O)(CO)CN1C[C@H](c2c(O)ccc(Cl)c2Cl)CC1=O. The molecule has 1 saturated heterocycles. The summed E-state index contributed by atoms with van der Waals surface area (Å²) in [5.41, 5.74) is -0.909. The number of carbonyl (C=O) groups is 1. The van der Waals surface area contributed by atoms with E-state index in [0.717, 1.165) is 0 Å². The number of amides is 1. The molecule has 1 fully saturated rings. The van der Waals surface area contributed by atoms with Gasteiger partial charge in [0.05, 0.1) is 23.2 Å². The van der Waals surface area contributed by atoms with Gasteiger partial charge in [0.15, 0.2) is 0 Å². The molecule has 1 aliphatic rings. The number of carbonyl (C=O) groups excluding carboxylic acids is 1. The lowest BCUT2D eigenvalue weighted by atomic mass is 9.97. The quantitative estimate of drug-likeness (QED) is 0.784. The Morgan fingerprint density at radius 2 is 2.10 bits per heavy atom. The Morgan fingerprint density at radius 3 is 2.71 bits per heavy atom. The minimum atomic E-state index is -1.36. The van der Waals surface area contributed by atoms with Gasteiger partial charge < -0.3 is 20.2 Å². The lowest BCUT2D eigenvalue weighted by molar-refractivity contribution is -0.131. The van der Waals surface area contributed by atoms with Crippen molar-refractivity contribution in [3.63, 3.8) is 0 Å². The number of nitrogens with zero attached hydrogens (tertiary/aromatic N) is 1. The summed E-state index contributed by atoms with van der Waals surface area (Å²) in [7, 11) is 0. The first-order valence-electron chi connectivity index (χ1n) is 6.53. The number of halogens is 2. The summed E-state index contributed by atoms with van der Waals surface area (Å²) in [4.78, 5) is 13.5. The molecule has 2 rings (SSSR count). The third-order valence-electron chi connectivity index (χ3n) is 3.60. The molecule has 1 heterocycles. The molecule has 1 aliphatic heterocycles. The van der Waals surface area contributed by atoms with Gasteiger partial charge in [-0.3, -0.25) is 4.79 Å². The molecule has 0 aliphatic carbocycles. The van der Waals surface area contributed by atoms with Gasteiger partial charge in [-0.25, -0.2) is 0 Å². The molecule has 1 amide bonds. The minimum Gasteiger partial charge on any atom is -0.508 e. The molecule has 0 radical (unpaired) electrons. The van der Waals surface area contributed by atoms with Gasteiger partial charge in [-0.1, -0.05) is 23.2 Å². The predicted octanol–water partition coefficient (Wildman–Crippen LogP) is 1.76. The highest BCUT2D eigenvalue weighted by Gasteiger charge is 2.36.